The smallest absolute Gasteiger partial charge is 0.234 e. The third-order valence-electron chi connectivity index (χ3n) is 4.29. The van der Waals surface area contributed by atoms with Gasteiger partial charge in [0, 0.05) is 23.9 Å². The molecule has 0 bridgehead atoms. The van der Waals surface area contributed by atoms with E-state index in [1.165, 1.54) is 16.4 Å². The Hall–Kier alpha value is -3.60. The van der Waals surface area contributed by atoms with E-state index >= 15 is 0 Å². The van der Waals surface area contributed by atoms with E-state index in [1.807, 2.05) is 6.07 Å². The first-order chi connectivity index (χ1) is 15.1. The Morgan fingerprint density at radius 1 is 1.03 bits per heavy atom. The minimum Gasteiger partial charge on any atom is -0.486 e. The number of aromatic nitrogens is 4. The number of carbonyl (C=O) groups excluding carboxylic acids is 2. The van der Waals surface area contributed by atoms with Crippen LogP contribution in [0.25, 0.3) is 5.69 Å². The molecule has 2 amide bonds. The normalized spacial score (nSPS) is 12.3. The molecule has 31 heavy (non-hydrogen) atoms. The summed E-state index contributed by atoms with van der Waals surface area (Å²) in [5, 5.41) is 17.8. The first kappa shape index (κ1) is 20.7. The van der Waals surface area contributed by atoms with Crippen LogP contribution in [0.4, 0.5) is 11.4 Å². The lowest BCUT2D eigenvalue weighted by Crippen LogP contribution is -2.16. The average molecular weight is 440 g/mol. The summed E-state index contributed by atoms with van der Waals surface area (Å²) in [5.74, 6) is 1.10. The lowest BCUT2D eigenvalue weighted by molar-refractivity contribution is -0.116. The second kappa shape index (κ2) is 9.47. The van der Waals surface area contributed by atoms with Crippen molar-refractivity contribution in [2.45, 2.75) is 18.5 Å². The van der Waals surface area contributed by atoms with Gasteiger partial charge in [0.2, 0.25) is 17.0 Å². The number of benzene rings is 2. The molecule has 0 spiro atoms. The number of fused-ring (bicyclic) bond motifs is 1. The third kappa shape index (κ3) is 5.12. The summed E-state index contributed by atoms with van der Waals surface area (Å²) in [6.07, 6.45) is 0.380. The van der Waals surface area contributed by atoms with Gasteiger partial charge in [-0.05, 0) is 40.8 Å². The fraction of sp³-hybridized carbons (Fsp3) is 0.250. The largest absolute Gasteiger partial charge is 0.486 e. The maximum atomic E-state index is 12.4. The SMILES string of the molecule is CCC(=O)Nc1cccc(NC(=O)CSc2nnnn2-c2ccc3c(c2)OCCO3)c1. The van der Waals surface area contributed by atoms with Crippen LogP contribution in [0.1, 0.15) is 13.3 Å². The number of hydrogen-bond donors (Lipinski definition) is 2. The molecule has 4 rings (SSSR count). The average Bonchev–Trinajstić information content (AvgIpc) is 3.26. The maximum absolute atomic E-state index is 12.4. The van der Waals surface area contributed by atoms with Crippen LogP contribution in [-0.2, 0) is 9.59 Å². The quantitative estimate of drug-likeness (QED) is 0.538. The summed E-state index contributed by atoms with van der Waals surface area (Å²) in [6, 6.07) is 12.4. The number of tetrazole rings is 1. The molecule has 0 fully saturated rings. The number of hydrogen-bond acceptors (Lipinski definition) is 8. The molecule has 0 saturated heterocycles. The van der Waals surface area contributed by atoms with Gasteiger partial charge in [-0.1, -0.05) is 24.8 Å². The Kier molecular flexibility index (Phi) is 6.32. The number of rotatable bonds is 7. The fourth-order valence-electron chi connectivity index (χ4n) is 2.85. The summed E-state index contributed by atoms with van der Waals surface area (Å²) >= 11 is 1.20. The predicted octanol–water partition coefficient (Wildman–Crippen LogP) is 2.51. The second-order valence-electron chi connectivity index (χ2n) is 6.52. The molecular formula is C20H20N6O4S. The summed E-state index contributed by atoms with van der Waals surface area (Å²) in [5.41, 5.74) is 1.92. The number of amides is 2. The van der Waals surface area contributed by atoms with E-state index in [0.29, 0.717) is 53.4 Å². The fourth-order valence-corrected chi connectivity index (χ4v) is 3.54. The first-order valence-corrected chi connectivity index (χ1v) is 10.6. The first-order valence-electron chi connectivity index (χ1n) is 9.63. The lowest BCUT2D eigenvalue weighted by Gasteiger charge is -2.18. The van der Waals surface area contributed by atoms with Gasteiger partial charge in [0.1, 0.15) is 13.2 Å². The topological polar surface area (TPSA) is 120 Å². The van der Waals surface area contributed by atoms with Crippen LogP contribution < -0.4 is 20.1 Å². The minimum atomic E-state index is -0.222. The Labute approximate surface area is 182 Å². The highest BCUT2D eigenvalue weighted by atomic mass is 32.2. The highest BCUT2D eigenvalue weighted by Gasteiger charge is 2.16. The zero-order valence-electron chi connectivity index (χ0n) is 16.7. The number of thioether (sulfide) groups is 1. The summed E-state index contributed by atoms with van der Waals surface area (Å²) in [7, 11) is 0. The highest BCUT2D eigenvalue weighted by molar-refractivity contribution is 7.99. The van der Waals surface area contributed by atoms with Gasteiger partial charge in [0.15, 0.2) is 11.5 Å². The third-order valence-corrected chi connectivity index (χ3v) is 5.21. The van der Waals surface area contributed by atoms with Crippen LogP contribution in [0, 0.1) is 0 Å². The monoisotopic (exact) mass is 440 g/mol. The van der Waals surface area contributed by atoms with Crippen molar-refractivity contribution in [3.05, 3.63) is 42.5 Å². The molecule has 10 nitrogen and oxygen atoms in total. The second-order valence-corrected chi connectivity index (χ2v) is 7.46. The van der Waals surface area contributed by atoms with Crippen molar-refractivity contribution in [1.82, 2.24) is 20.2 Å². The standard InChI is InChI=1S/C20H20N6O4S/c1-2-18(27)21-13-4-3-5-14(10-13)22-19(28)12-31-20-23-24-25-26(20)15-6-7-16-17(11-15)30-9-8-29-16/h3-7,10-11H,2,8-9,12H2,1H3,(H,21,27)(H,22,28). The number of anilines is 2. The van der Waals surface area contributed by atoms with Gasteiger partial charge in [-0.3, -0.25) is 9.59 Å². The van der Waals surface area contributed by atoms with Crippen LogP contribution in [0.15, 0.2) is 47.6 Å². The molecule has 1 aliphatic heterocycles. The molecule has 2 heterocycles. The number of ether oxygens (including phenoxy) is 2. The molecule has 0 unspecified atom stereocenters. The molecule has 160 valence electrons. The van der Waals surface area contributed by atoms with E-state index in [4.69, 9.17) is 9.47 Å². The van der Waals surface area contributed by atoms with Crippen molar-refractivity contribution >= 4 is 35.0 Å². The predicted molar refractivity (Wildman–Crippen MR) is 115 cm³/mol. The van der Waals surface area contributed by atoms with Crippen LogP contribution in [-0.4, -0.2) is 51.0 Å². The zero-order valence-corrected chi connectivity index (χ0v) is 17.5. The van der Waals surface area contributed by atoms with Crippen molar-refractivity contribution in [2.24, 2.45) is 0 Å². The van der Waals surface area contributed by atoms with Crippen molar-refractivity contribution in [3.63, 3.8) is 0 Å². The number of carbonyl (C=O) groups is 2. The summed E-state index contributed by atoms with van der Waals surface area (Å²) in [6.45, 7) is 2.77. The van der Waals surface area contributed by atoms with E-state index in [0.717, 1.165) is 0 Å². The Morgan fingerprint density at radius 3 is 2.55 bits per heavy atom. The van der Waals surface area contributed by atoms with Crippen LogP contribution in [0.2, 0.25) is 0 Å². The van der Waals surface area contributed by atoms with E-state index in [9.17, 15) is 9.59 Å². The lowest BCUT2D eigenvalue weighted by atomic mass is 10.2. The zero-order chi connectivity index (χ0) is 21.6. The summed E-state index contributed by atoms with van der Waals surface area (Å²) in [4.78, 5) is 23.9. The molecule has 3 aromatic rings. The van der Waals surface area contributed by atoms with Gasteiger partial charge in [-0.2, -0.15) is 4.68 Å². The van der Waals surface area contributed by atoms with Crippen LogP contribution in [0.3, 0.4) is 0 Å². The Balaban J connectivity index is 1.38. The van der Waals surface area contributed by atoms with Gasteiger partial charge in [0.25, 0.3) is 0 Å². The van der Waals surface area contributed by atoms with Gasteiger partial charge in [0.05, 0.1) is 11.4 Å². The molecule has 0 saturated carbocycles. The molecule has 1 aromatic heterocycles. The van der Waals surface area contributed by atoms with E-state index in [1.54, 1.807) is 43.3 Å². The van der Waals surface area contributed by atoms with E-state index in [2.05, 4.69) is 26.2 Å². The number of nitrogens with zero attached hydrogens (tertiary/aromatic N) is 4. The molecular weight excluding hydrogens is 420 g/mol. The van der Waals surface area contributed by atoms with Gasteiger partial charge in [-0.25, -0.2) is 0 Å². The van der Waals surface area contributed by atoms with Crippen molar-refractivity contribution in [3.8, 4) is 17.2 Å². The molecule has 11 heteroatoms. The van der Waals surface area contributed by atoms with Gasteiger partial charge < -0.3 is 20.1 Å². The molecule has 0 atom stereocenters. The Bertz CT molecular complexity index is 1100. The highest BCUT2D eigenvalue weighted by Crippen LogP contribution is 2.32. The molecule has 2 N–H and O–H groups in total. The van der Waals surface area contributed by atoms with Gasteiger partial charge >= 0.3 is 0 Å². The molecule has 2 aromatic carbocycles. The Morgan fingerprint density at radius 2 is 1.77 bits per heavy atom. The van der Waals surface area contributed by atoms with Crippen molar-refractivity contribution in [2.75, 3.05) is 29.6 Å². The molecule has 1 aliphatic rings. The van der Waals surface area contributed by atoms with E-state index < -0.39 is 0 Å². The molecule has 0 radical (unpaired) electrons. The maximum Gasteiger partial charge on any atom is 0.234 e. The summed E-state index contributed by atoms with van der Waals surface area (Å²) < 4.78 is 12.7. The van der Waals surface area contributed by atoms with Crippen LogP contribution >= 0.6 is 11.8 Å². The van der Waals surface area contributed by atoms with Crippen LogP contribution in [0.5, 0.6) is 11.5 Å². The van der Waals surface area contributed by atoms with E-state index in [-0.39, 0.29) is 17.6 Å². The van der Waals surface area contributed by atoms with Gasteiger partial charge in [-0.15, -0.1) is 5.10 Å². The van der Waals surface area contributed by atoms with Crippen molar-refractivity contribution < 1.29 is 19.1 Å². The number of nitrogens with one attached hydrogen (secondary N) is 2. The minimum absolute atomic E-state index is 0.0926. The molecule has 0 aliphatic carbocycles. The van der Waals surface area contributed by atoms with Crippen molar-refractivity contribution in [1.29, 1.82) is 0 Å².